The minimum Gasteiger partial charge on any atom is -0.399 e. The molecule has 0 aliphatic rings. The predicted octanol–water partition coefficient (Wildman–Crippen LogP) is 7.86. The van der Waals surface area contributed by atoms with Gasteiger partial charge < -0.3 is 11.5 Å². The number of nitrogens with two attached hydrogens (primary N) is 2. The van der Waals surface area contributed by atoms with E-state index in [9.17, 15) is 0 Å². The number of nitrogen functional groups attached to an aromatic ring is 2. The fourth-order valence-electron chi connectivity index (χ4n) is 5.06. The lowest BCUT2D eigenvalue weighted by molar-refractivity contribution is 0.606. The van der Waals surface area contributed by atoms with Crippen molar-refractivity contribution in [2.24, 2.45) is 0 Å². The summed E-state index contributed by atoms with van der Waals surface area (Å²) in [6, 6.07) is 16.7. The Bertz CT molecular complexity index is 956. The monoisotopic (exact) mass is 442 g/mol. The Hall–Kier alpha value is -2.74. The second-order valence-corrected chi connectivity index (χ2v) is 9.67. The van der Waals surface area contributed by atoms with Gasteiger partial charge in [-0.3, -0.25) is 0 Å². The van der Waals surface area contributed by atoms with E-state index in [-0.39, 0.29) is 0 Å². The molecule has 0 unspecified atom stereocenters. The fraction of sp³-hybridized carbons (Fsp3) is 0.419. The van der Waals surface area contributed by atoms with Gasteiger partial charge in [0.25, 0.3) is 0 Å². The first-order valence-electron chi connectivity index (χ1n) is 12.7. The normalized spacial score (nSPS) is 11.2. The minimum atomic E-state index is 0.823. The number of hydrogen-bond donors (Lipinski definition) is 2. The quantitative estimate of drug-likeness (QED) is 0.234. The highest BCUT2D eigenvalue weighted by Crippen LogP contribution is 2.32. The molecule has 0 fully saturated rings. The number of unbranched alkanes of at least 4 members (excludes halogenated alkanes) is 5. The van der Waals surface area contributed by atoms with Gasteiger partial charge in [-0.1, -0.05) is 63.3 Å². The van der Waals surface area contributed by atoms with Crippen LogP contribution < -0.4 is 11.5 Å². The van der Waals surface area contributed by atoms with Crippen molar-refractivity contribution in [3.05, 3.63) is 93.0 Å². The van der Waals surface area contributed by atoms with Gasteiger partial charge in [-0.05, 0) is 115 Å². The van der Waals surface area contributed by atoms with E-state index in [2.05, 4.69) is 52.0 Å². The van der Waals surface area contributed by atoms with Gasteiger partial charge in [-0.25, -0.2) is 0 Å². The summed E-state index contributed by atoms with van der Waals surface area (Å²) in [6.45, 7) is 9.27. The van der Waals surface area contributed by atoms with Gasteiger partial charge in [-0.2, -0.15) is 0 Å². The van der Waals surface area contributed by atoms with Crippen molar-refractivity contribution in [3.8, 4) is 0 Å². The molecule has 2 nitrogen and oxygen atoms in total. The maximum absolute atomic E-state index is 5.93. The van der Waals surface area contributed by atoms with E-state index in [1.165, 1.54) is 83.9 Å². The molecular formula is C31H42N2. The Balaban J connectivity index is 1.93. The maximum Gasteiger partial charge on any atom is 0.0314 e. The molecule has 4 N–H and O–H groups in total. The Kier molecular flexibility index (Phi) is 9.00. The van der Waals surface area contributed by atoms with Crippen molar-refractivity contribution < 1.29 is 0 Å². The van der Waals surface area contributed by atoms with Crippen molar-refractivity contribution in [1.82, 2.24) is 0 Å². The number of anilines is 2. The van der Waals surface area contributed by atoms with Gasteiger partial charge in [-0.15, -0.1) is 0 Å². The highest BCUT2D eigenvalue weighted by atomic mass is 14.5. The van der Waals surface area contributed by atoms with E-state index in [1.54, 1.807) is 5.56 Å². The molecule has 33 heavy (non-hydrogen) atoms. The van der Waals surface area contributed by atoms with Crippen LogP contribution in [0.2, 0.25) is 0 Å². The van der Waals surface area contributed by atoms with Crippen LogP contribution in [0.25, 0.3) is 0 Å². The van der Waals surface area contributed by atoms with Crippen LogP contribution in [-0.4, -0.2) is 0 Å². The zero-order valence-corrected chi connectivity index (χ0v) is 21.1. The van der Waals surface area contributed by atoms with Crippen LogP contribution >= 0.6 is 0 Å². The molecule has 0 saturated carbocycles. The van der Waals surface area contributed by atoms with Gasteiger partial charge >= 0.3 is 0 Å². The standard InChI is InChI=1S/C31H42N2/c1-5-6-7-8-9-10-11-29-22(2)30(20-25-12-16-27(32)17-13-25)24(4)31(23(29)3)21-26-14-18-28(33)19-15-26/h12-19H,5-11,20-21,32-33H2,1-4H3. The van der Waals surface area contributed by atoms with Crippen molar-refractivity contribution >= 4 is 11.4 Å². The van der Waals surface area contributed by atoms with E-state index in [0.29, 0.717) is 0 Å². The predicted molar refractivity (Wildman–Crippen MR) is 145 cm³/mol. The van der Waals surface area contributed by atoms with Crippen LogP contribution in [0.4, 0.5) is 11.4 Å². The van der Waals surface area contributed by atoms with Crippen molar-refractivity contribution in [2.75, 3.05) is 11.5 Å². The summed E-state index contributed by atoms with van der Waals surface area (Å²) in [7, 11) is 0. The zero-order valence-electron chi connectivity index (χ0n) is 21.1. The smallest absolute Gasteiger partial charge is 0.0314 e. The highest BCUT2D eigenvalue weighted by Gasteiger charge is 2.17. The van der Waals surface area contributed by atoms with E-state index in [0.717, 1.165) is 24.2 Å². The van der Waals surface area contributed by atoms with Crippen molar-refractivity contribution in [1.29, 1.82) is 0 Å². The molecule has 2 heteroatoms. The van der Waals surface area contributed by atoms with Crippen molar-refractivity contribution in [3.63, 3.8) is 0 Å². The van der Waals surface area contributed by atoms with Gasteiger partial charge in [0.1, 0.15) is 0 Å². The molecule has 0 aliphatic carbocycles. The van der Waals surface area contributed by atoms with Crippen LogP contribution in [0.1, 0.15) is 90.0 Å². The van der Waals surface area contributed by atoms with E-state index in [4.69, 9.17) is 11.5 Å². The summed E-state index contributed by atoms with van der Waals surface area (Å²) in [6.07, 6.45) is 11.1. The largest absolute Gasteiger partial charge is 0.399 e. The maximum atomic E-state index is 5.93. The first-order valence-corrected chi connectivity index (χ1v) is 12.7. The number of rotatable bonds is 11. The van der Waals surface area contributed by atoms with E-state index in [1.807, 2.05) is 24.3 Å². The van der Waals surface area contributed by atoms with Crippen LogP contribution in [0.15, 0.2) is 48.5 Å². The van der Waals surface area contributed by atoms with Gasteiger partial charge in [0.05, 0.1) is 0 Å². The topological polar surface area (TPSA) is 52.0 Å². The summed E-state index contributed by atoms with van der Waals surface area (Å²) in [4.78, 5) is 0. The molecule has 0 aromatic heterocycles. The van der Waals surface area contributed by atoms with Crippen LogP contribution in [0.5, 0.6) is 0 Å². The summed E-state index contributed by atoms with van der Waals surface area (Å²) < 4.78 is 0. The molecule has 3 aromatic carbocycles. The lowest BCUT2D eigenvalue weighted by Crippen LogP contribution is -2.09. The number of benzene rings is 3. The highest BCUT2D eigenvalue weighted by molar-refractivity contribution is 5.54. The molecule has 0 bridgehead atoms. The molecule has 0 atom stereocenters. The Morgan fingerprint density at radius 1 is 0.515 bits per heavy atom. The average molecular weight is 443 g/mol. The molecule has 0 aliphatic heterocycles. The van der Waals surface area contributed by atoms with Gasteiger partial charge in [0, 0.05) is 11.4 Å². The third kappa shape index (κ3) is 6.63. The van der Waals surface area contributed by atoms with Crippen LogP contribution in [0.3, 0.4) is 0 Å². The summed E-state index contributed by atoms with van der Waals surface area (Å²) in [5, 5.41) is 0. The third-order valence-electron chi connectivity index (χ3n) is 7.22. The SMILES string of the molecule is CCCCCCCCc1c(C)c(Cc2ccc(N)cc2)c(C)c(Cc2ccc(N)cc2)c1C. The fourth-order valence-corrected chi connectivity index (χ4v) is 5.06. The first kappa shape index (κ1) is 24.9. The first-order chi connectivity index (χ1) is 15.9. The summed E-state index contributed by atoms with van der Waals surface area (Å²) in [5.74, 6) is 0. The summed E-state index contributed by atoms with van der Waals surface area (Å²) in [5.41, 5.74) is 25.1. The Labute approximate surface area is 201 Å². The zero-order chi connectivity index (χ0) is 23.8. The lowest BCUT2D eigenvalue weighted by Gasteiger charge is -2.23. The molecule has 0 saturated heterocycles. The molecule has 0 radical (unpaired) electrons. The average Bonchev–Trinajstić information content (AvgIpc) is 2.81. The molecule has 0 spiro atoms. The third-order valence-corrected chi connectivity index (χ3v) is 7.22. The Morgan fingerprint density at radius 2 is 0.909 bits per heavy atom. The van der Waals surface area contributed by atoms with Crippen LogP contribution in [-0.2, 0) is 19.3 Å². The van der Waals surface area contributed by atoms with E-state index >= 15 is 0 Å². The molecule has 176 valence electrons. The second-order valence-electron chi connectivity index (χ2n) is 9.67. The molecule has 0 amide bonds. The van der Waals surface area contributed by atoms with E-state index < -0.39 is 0 Å². The van der Waals surface area contributed by atoms with Gasteiger partial charge in [0.2, 0.25) is 0 Å². The van der Waals surface area contributed by atoms with Crippen LogP contribution in [0, 0.1) is 20.8 Å². The van der Waals surface area contributed by atoms with Crippen molar-refractivity contribution in [2.45, 2.75) is 85.5 Å². The Morgan fingerprint density at radius 3 is 1.36 bits per heavy atom. The second kappa shape index (κ2) is 11.9. The lowest BCUT2D eigenvalue weighted by atomic mass is 9.82. The summed E-state index contributed by atoms with van der Waals surface area (Å²) >= 11 is 0. The molecule has 3 aromatic rings. The molecular weight excluding hydrogens is 400 g/mol. The minimum absolute atomic E-state index is 0.823. The number of hydrogen-bond acceptors (Lipinski definition) is 2. The van der Waals surface area contributed by atoms with Gasteiger partial charge in [0.15, 0.2) is 0 Å². The molecule has 0 heterocycles. The molecule has 3 rings (SSSR count).